The van der Waals surface area contributed by atoms with Crippen molar-refractivity contribution in [3.63, 3.8) is 0 Å². The van der Waals surface area contributed by atoms with E-state index in [4.69, 9.17) is 16.6 Å². The number of hydrogen-bond acceptors (Lipinski definition) is 4. The fraction of sp³-hybridized carbons (Fsp3) is 0.727. The molecule has 0 radical (unpaired) electrons. The monoisotopic (exact) mass is 224 g/mol. The standard InChI is InChI=1S/C11H20N4O/c12-10-9(6-7-16)11(13)15(14-10)8-4-2-1-3-5-8/h8,16H,1-7,13H2,(H2,12,14). The maximum atomic E-state index is 8.94. The summed E-state index contributed by atoms with van der Waals surface area (Å²) in [6.45, 7) is 0.0603. The molecule has 0 aliphatic heterocycles. The van der Waals surface area contributed by atoms with Crippen LogP contribution in [0.15, 0.2) is 0 Å². The molecule has 5 nitrogen and oxygen atoms in total. The quantitative estimate of drug-likeness (QED) is 0.716. The molecule has 1 aliphatic rings. The van der Waals surface area contributed by atoms with E-state index in [1.807, 2.05) is 4.68 Å². The minimum atomic E-state index is 0.0603. The summed E-state index contributed by atoms with van der Waals surface area (Å²) in [5.74, 6) is 1.11. The highest BCUT2D eigenvalue weighted by molar-refractivity contribution is 5.54. The Kier molecular flexibility index (Phi) is 3.33. The van der Waals surface area contributed by atoms with Crippen molar-refractivity contribution in [3.8, 4) is 0 Å². The molecule has 5 heteroatoms. The maximum absolute atomic E-state index is 8.94. The Labute approximate surface area is 95.4 Å². The zero-order chi connectivity index (χ0) is 11.5. The van der Waals surface area contributed by atoms with Crippen LogP contribution in [0, 0.1) is 0 Å². The number of nitrogens with two attached hydrogens (primary N) is 2. The first-order chi connectivity index (χ1) is 7.74. The number of anilines is 2. The van der Waals surface area contributed by atoms with Crippen LogP contribution in [0.5, 0.6) is 0 Å². The van der Waals surface area contributed by atoms with Crippen molar-refractivity contribution in [2.45, 2.75) is 44.6 Å². The highest BCUT2D eigenvalue weighted by atomic mass is 16.3. The molecular weight excluding hydrogens is 204 g/mol. The van der Waals surface area contributed by atoms with E-state index in [1.165, 1.54) is 19.3 Å². The van der Waals surface area contributed by atoms with Gasteiger partial charge >= 0.3 is 0 Å². The second kappa shape index (κ2) is 4.74. The van der Waals surface area contributed by atoms with Crippen molar-refractivity contribution >= 4 is 11.6 Å². The molecule has 0 unspecified atom stereocenters. The number of hydrogen-bond donors (Lipinski definition) is 3. The molecular formula is C11H20N4O. The minimum Gasteiger partial charge on any atom is -0.396 e. The molecule has 1 aromatic heterocycles. The van der Waals surface area contributed by atoms with Gasteiger partial charge in [0.1, 0.15) is 5.82 Å². The van der Waals surface area contributed by atoms with Crippen molar-refractivity contribution in [1.29, 1.82) is 0 Å². The van der Waals surface area contributed by atoms with Gasteiger partial charge in [-0.2, -0.15) is 5.10 Å². The second-order valence-corrected chi connectivity index (χ2v) is 4.46. The fourth-order valence-corrected chi connectivity index (χ4v) is 2.47. The Bertz CT molecular complexity index is 355. The van der Waals surface area contributed by atoms with Crippen LogP contribution in [0.1, 0.15) is 43.7 Å². The Morgan fingerprint density at radius 2 is 1.94 bits per heavy atom. The lowest BCUT2D eigenvalue weighted by Crippen LogP contribution is -2.16. The van der Waals surface area contributed by atoms with E-state index in [-0.39, 0.29) is 6.61 Å². The SMILES string of the molecule is Nc1nn(C2CCCCC2)c(N)c1CCO. The van der Waals surface area contributed by atoms with E-state index >= 15 is 0 Å². The number of aromatic nitrogens is 2. The molecule has 1 saturated carbocycles. The van der Waals surface area contributed by atoms with E-state index in [0.717, 1.165) is 18.4 Å². The van der Waals surface area contributed by atoms with Gasteiger partial charge < -0.3 is 16.6 Å². The lowest BCUT2D eigenvalue weighted by molar-refractivity contribution is 0.299. The lowest BCUT2D eigenvalue weighted by Gasteiger charge is -2.22. The Balaban J connectivity index is 2.23. The highest BCUT2D eigenvalue weighted by Crippen LogP contribution is 2.32. The van der Waals surface area contributed by atoms with Crippen LogP contribution in [0.3, 0.4) is 0 Å². The maximum Gasteiger partial charge on any atom is 0.150 e. The summed E-state index contributed by atoms with van der Waals surface area (Å²) in [6.07, 6.45) is 6.52. The summed E-state index contributed by atoms with van der Waals surface area (Å²) in [5, 5.41) is 13.3. The second-order valence-electron chi connectivity index (χ2n) is 4.46. The van der Waals surface area contributed by atoms with Crippen LogP contribution in [-0.2, 0) is 6.42 Å². The third-order valence-corrected chi connectivity index (χ3v) is 3.36. The number of nitrogen functional groups attached to an aromatic ring is 2. The molecule has 1 heterocycles. The van der Waals surface area contributed by atoms with Crippen LogP contribution in [0.2, 0.25) is 0 Å². The topological polar surface area (TPSA) is 90.1 Å². The van der Waals surface area contributed by atoms with Gasteiger partial charge in [-0.3, -0.25) is 0 Å². The van der Waals surface area contributed by atoms with Gasteiger partial charge in [0.15, 0.2) is 5.82 Å². The predicted octanol–water partition coefficient (Wildman–Crippen LogP) is 1.09. The molecule has 2 rings (SSSR count). The van der Waals surface area contributed by atoms with Crippen molar-refractivity contribution in [2.24, 2.45) is 0 Å². The molecule has 0 amide bonds. The van der Waals surface area contributed by atoms with E-state index in [0.29, 0.717) is 24.1 Å². The molecule has 90 valence electrons. The van der Waals surface area contributed by atoms with Crippen LogP contribution >= 0.6 is 0 Å². The zero-order valence-corrected chi connectivity index (χ0v) is 9.52. The summed E-state index contributed by atoms with van der Waals surface area (Å²) in [5.41, 5.74) is 12.6. The van der Waals surface area contributed by atoms with Gasteiger partial charge in [0.2, 0.25) is 0 Å². The van der Waals surface area contributed by atoms with Gasteiger partial charge in [-0.25, -0.2) is 4.68 Å². The van der Waals surface area contributed by atoms with Gasteiger partial charge in [-0.15, -0.1) is 0 Å². The average molecular weight is 224 g/mol. The van der Waals surface area contributed by atoms with E-state index < -0.39 is 0 Å². The summed E-state index contributed by atoms with van der Waals surface area (Å²) < 4.78 is 1.86. The predicted molar refractivity (Wildman–Crippen MR) is 64.0 cm³/mol. The smallest absolute Gasteiger partial charge is 0.150 e. The highest BCUT2D eigenvalue weighted by Gasteiger charge is 2.21. The largest absolute Gasteiger partial charge is 0.396 e. The molecule has 1 fully saturated rings. The molecule has 16 heavy (non-hydrogen) atoms. The van der Waals surface area contributed by atoms with Crippen molar-refractivity contribution in [2.75, 3.05) is 18.1 Å². The third kappa shape index (κ3) is 2.00. The van der Waals surface area contributed by atoms with E-state index in [1.54, 1.807) is 0 Å². The Hall–Kier alpha value is -1.23. The molecule has 0 saturated heterocycles. The normalized spacial score (nSPS) is 17.8. The molecule has 0 spiro atoms. The van der Waals surface area contributed by atoms with Crippen LogP contribution in [0.25, 0.3) is 0 Å². The average Bonchev–Trinajstić information content (AvgIpc) is 2.59. The van der Waals surface area contributed by atoms with Crippen molar-refractivity contribution in [3.05, 3.63) is 5.56 Å². The number of aliphatic hydroxyl groups excluding tert-OH is 1. The van der Waals surface area contributed by atoms with Gasteiger partial charge in [0.05, 0.1) is 6.04 Å². The first-order valence-electron chi connectivity index (χ1n) is 5.97. The van der Waals surface area contributed by atoms with Crippen LogP contribution in [-0.4, -0.2) is 21.5 Å². The van der Waals surface area contributed by atoms with Crippen molar-refractivity contribution in [1.82, 2.24) is 9.78 Å². The van der Waals surface area contributed by atoms with E-state index in [2.05, 4.69) is 5.10 Å². The van der Waals surface area contributed by atoms with Gasteiger partial charge in [-0.1, -0.05) is 19.3 Å². The lowest BCUT2D eigenvalue weighted by atomic mass is 9.95. The third-order valence-electron chi connectivity index (χ3n) is 3.36. The summed E-state index contributed by atoms with van der Waals surface area (Å²) in [6, 6.07) is 0.392. The number of nitrogens with zero attached hydrogens (tertiary/aromatic N) is 2. The van der Waals surface area contributed by atoms with Gasteiger partial charge in [-0.05, 0) is 12.8 Å². The molecule has 0 aromatic carbocycles. The first-order valence-corrected chi connectivity index (χ1v) is 5.97. The number of rotatable bonds is 3. The molecule has 1 aliphatic carbocycles. The van der Waals surface area contributed by atoms with Crippen molar-refractivity contribution < 1.29 is 5.11 Å². The number of aliphatic hydroxyl groups is 1. The zero-order valence-electron chi connectivity index (χ0n) is 9.52. The minimum absolute atomic E-state index is 0.0603. The molecule has 1 aromatic rings. The Morgan fingerprint density at radius 1 is 1.25 bits per heavy atom. The molecule has 5 N–H and O–H groups in total. The van der Waals surface area contributed by atoms with Crippen LogP contribution in [0.4, 0.5) is 11.6 Å². The molecule has 0 atom stereocenters. The summed E-state index contributed by atoms with van der Waals surface area (Å²) in [7, 11) is 0. The van der Waals surface area contributed by atoms with Gasteiger partial charge in [0.25, 0.3) is 0 Å². The van der Waals surface area contributed by atoms with Crippen LogP contribution < -0.4 is 11.5 Å². The Morgan fingerprint density at radius 3 is 2.56 bits per heavy atom. The fourth-order valence-electron chi connectivity index (χ4n) is 2.47. The van der Waals surface area contributed by atoms with E-state index in [9.17, 15) is 0 Å². The first kappa shape index (κ1) is 11.3. The summed E-state index contributed by atoms with van der Waals surface area (Å²) >= 11 is 0. The summed E-state index contributed by atoms with van der Waals surface area (Å²) in [4.78, 5) is 0. The van der Waals surface area contributed by atoms with Gasteiger partial charge in [0, 0.05) is 18.6 Å². The molecule has 0 bridgehead atoms.